The largest absolute Gasteiger partial charge is 0.441 e. The highest BCUT2D eigenvalue weighted by molar-refractivity contribution is 5.66. The number of likely N-dealkylation sites (tertiary alicyclic amines) is 1. The van der Waals surface area contributed by atoms with Crippen LogP contribution in [-0.2, 0) is 9.78 Å². The Balaban J connectivity index is 2.13. The molecule has 4 heteroatoms. The summed E-state index contributed by atoms with van der Waals surface area (Å²) < 4.78 is 0. The molecule has 0 aromatic carbocycles. The van der Waals surface area contributed by atoms with Crippen LogP contribution in [0.4, 0.5) is 4.79 Å². The fourth-order valence-corrected chi connectivity index (χ4v) is 1.30. The maximum absolute atomic E-state index is 11.3. The molecule has 0 spiro atoms. The van der Waals surface area contributed by atoms with E-state index in [1.807, 2.05) is 6.92 Å². The molecule has 0 aliphatic carbocycles. The van der Waals surface area contributed by atoms with Crippen LogP contribution in [0.15, 0.2) is 0 Å². The summed E-state index contributed by atoms with van der Waals surface area (Å²) in [6, 6.07) is 0. The molecule has 0 unspecified atom stereocenters. The molecule has 1 rings (SSSR count). The monoisotopic (exact) mass is 187 g/mol. The van der Waals surface area contributed by atoms with Crippen molar-refractivity contribution in [3.63, 3.8) is 0 Å². The lowest BCUT2D eigenvalue weighted by atomic mass is 10.1. The van der Waals surface area contributed by atoms with Crippen molar-refractivity contribution in [2.24, 2.45) is 0 Å². The van der Waals surface area contributed by atoms with Crippen LogP contribution >= 0.6 is 0 Å². The molecule has 0 aromatic heterocycles. The van der Waals surface area contributed by atoms with Gasteiger partial charge in [-0.1, -0.05) is 6.92 Å². The molecule has 0 aromatic rings. The Bertz CT molecular complexity index is 155. The molecule has 13 heavy (non-hydrogen) atoms. The second-order valence-corrected chi connectivity index (χ2v) is 3.22. The van der Waals surface area contributed by atoms with Crippen molar-refractivity contribution in [3.05, 3.63) is 0 Å². The first-order valence-electron chi connectivity index (χ1n) is 4.93. The summed E-state index contributed by atoms with van der Waals surface area (Å²) in [5, 5.41) is 0. The lowest BCUT2D eigenvalue weighted by Crippen LogP contribution is -2.36. The van der Waals surface area contributed by atoms with Gasteiger partial charge in [0.2, 0.25) is 0 Å². The number of rotatable bonds is 3. The predicted molar refractivity (Wildman–Crippen MR) is 48.1 cm³/mol. The average molecular weight is 187 g/mol. The fourth-order valence-electron chi connectivity index (χ4n) is 1.30. The highest BCUT2D eigenvalue weighted by Gasteiger charge is 2.18. The number of piperidine rings is 1. The quantitative estimate of drug-likeness (QED) is 0.385. The summed E-state index contributed by atoms with van der Waals surface area (Å²) in [7, 11) is 0. The first-order chi connectivity index (χ1) is 6.34. The summed E-state index contributed by atoms with van der Waals surface area (Å²) in [6.45, 7) is 4.04. The average Bonchev–Trinajstić information content (AvgIpc) is 2.19. The van der Waals surface area contributed by atoms with E-state index in [0.29, 0.717) is 6.61 Å². The van der Waals surface area contributed by atoms with Crippen molar-refractivity contribution in [2.45, 2.75) is 32.6 Å². The van der Waals surface area contributed by atoms with Crippen LogP contribution in [0, 0.1) is 0 Å². The van der Waals surface area contributed by atoms with Gasteiger partial charge in [0.25, 0.3) is 0 Å². The minimum atomic E-state index is -0.340. The Morgan fingerprint density at radius 3 is 2.62 bits per heavy atom. The molecule has 1 saturated heterocycles. The molecule has 1 amide bonds. The van der Waals surface area contributed by atoms with Crippen molar-refractivity contribution < 1.29 is 14.6 Å². The third kappa shape index (κ3) is 3.63. The van der Waals surface area contributed by atoms with Gasteiger partial charge in [0.15, 0.2) is 0 Å². The van der Waals surface area contributed by atoms with E-state index >= 15 is 0 Å². The third-order valence-corrected chi connectivity index (χ3v) is 2.03. The molecular weight excluding hydrogens is 170 g/mol. The van der Waals surface area contributed by atoms with Crippen LogP contribution in [0.2, 0.25) is 0 Å². The molecule has 1 fully saturated rings. The summed E-state index contributed by atoms with van der Waals surface area (Å²) in [6.07, 6.45) is 3.87. The second-order valence-electron chi connectivity index (χ2n) is 3.22. The number of carbonyl (C=O) groups excluding carboxylic acids is 1. The molecule has 1 aliphatic rings. The summed E-state index contributed by atoms with van der Waals surface area (Å²) in [5.74, 6) is 0. The normalized spacial score (nSPS) is 17.2. The molecule has 1 heterocycles. The third-order valence-electron chi connectivity index (χ3n) is 2.03. The van der Waals surface area contributed by atoms with E-state index in [1.54, 1.807) is 4.90 Å². The van der Waals surface area contributed by atoms with Crippen molar-refractivity contribution in [1.29, 1.82) is 0 Å². The van der Waals surface area contributed by atoms with Gasteiger partial charge < -0.3 is 4.90 Å². The van der Waals surface area contributed by atoms with Crippen LogP contribution in [0.5, 0.6) is 0 Å². The Morgan fingerprint density at radius 1 is 1.31 bits per heavy atom. The maximum Gasteiger partial charge on any atom is 0.441 e. The minimum absolute atomic E-state index is 0.340. The Kier molecular flexibility index (Phi) is 4.60. The molecule has 0 saturated carbocycles. The summed E-state index contributed by atoms with van der Waals surface area (Å²) in [4.78, 5) is 22.3. The lowest BCUT2D eigenvalue weighted by Gasteiger charge is -2.24. The molecule has 0 radical (unpaired) electrons. The van der Waals surface area contributed by atoms with E-state index in [2.05, 4.69) is 4.89 Å². The van der Waals surface area contributed by atoms with Gasteiger partial charge >= 0.3 is 6.09 Å². The van der Waals surface area contributed by atoms with Gasteiger partial charge in [0, 0.05) is 13.1 Å². The number of hydrogen-bond donors (Lipinski definition) is 0. The minimum Gasteiger partial charge on any atom is -0.306 e. The van der Waals surface area contributed by atoms with E-state index in [-0.39, 0.29) is 6.09 Å². The van der Waals surface area contributed by atoms with Gasteiger partial charge in [-0.15, -0.1) is 0 Å². The number of nitrogens with zero attached hydrogens (tertiary/aromatic N) is 1. The predicted octanol–water partition coefficient (Wildman–Crippen LogP) is 1.95. The van der Waals surface area contributed by atoms with Gasteiger partial charge in [-0.05, 0) is 25.7 Å². The van der Waals surface area contributed by atoms with E-state index in [0.717, 1.165) is 32.4 Å². The van der Waals surface area contributed by atoms with Crippen LogP contribution in [0.1, 0.15) is 32.6 Å². The van der Waals surface area contributed by atoms with Gasteiger partial charge in [-0.3, -0.25) is 4.89 Å². The van der Waals surface area contributed by atoms with Gasteiger partial charge in [0.05, 0.1) is 6.61 Å². The first kappa shape index (κ1) is 10.3. The van der Waals surface area contributed by atoms with Crippen LogP contribution in [-0.4, -0.2) is 30.7 Å². The zero-order valence-electron chi connectivity index (χ0n) is 8.12. The standard InChI is InChI=1S/C9H17NO3/c1-2-8-12-13-9(11)10-6-4-3-5-7-10/h2-8H2,1H3. The Hall–Kier alpha value is -0.770. The van der Waals surface area contributed by atoms with Gasteiger partial charge in [-0.2, -0.15) is 4.89 Å². The second kappa shape index (κ2) is 5.80. The Morgan fingerprint density at radius 2 is 2.00 bits per heavy atom. The summed E-state index contributed by atoms with van der Waals surface area (Å²) >= 11 is 0. The zero-order valence-corrected chi connectivity index (χ0v) is 8.12. The van der Waals surface area contributed by atoms with Crippen molar-refractivity contribution in [3.8, 4) is 0 Å². The molecule has 4 nitrogen and oxygen atoms in total. The molecule has 0 N–H and O–H groups in total. The molecule has 0 atom stereocenters. The van der Waals surface area contributed by atoms with Gasteiger partial charge in [-0.25, -0.2) is 4.79 Å². The lowest BCUT2D eigenvalue weighted by molar-refractivity contribution is -0.245. The van der Waals surface area contributed by atoms with Gasteiger partial charge in [0.1, 0.15) is 0 Å². The highest BCUT2D eigenvalue weighted by atomic mass is 17.2. The van der Waals surface area contributed by atoms with E-state index in [9.17, 15) is 4.79 Å². The van der Waals surface area contributed by atoms with Crippen LogP contribution in [0.3, 0.4) is 0 Å². The van der Waals surface area contributed by atoms with E-state index < -0.39 is 0 Å². The van der Waals surface area contributed by atoms with E-state index in [1.165, 1.54) is 6.42 Å². The summed E-state index contributed by atoms with van der Waals surface area (Å²) in [5.41, 5.74) is 0. The maximum atomic E-state index is 11.3. The highest BCUT2D eigenvalue weighted by Crippen LogP contribution is 2.09. The molecule has 1 aliphatic heterocycles. The zero-order chi connectivity index (χ0) is 9.52. The number of hydrogen-bond acceptors (Lipinski definition) is 3. The van der Waals surface area contributed by atoms with Crippen molar-refractivity contribution >= 4 is 6.09 Å². The van der Waals surface area contributed by atoms with Crippen LogP contribution in [0.25, 0.3) is 0 Å². The molecule has 76 valence electrons. The van der Waals surface area contributed by atoms with E-state index in [4.69, 9.17) is 4.89 Å². The number of amides is 1. The first-order valence-corrected chi connectivity index (χ1v) is 4.93. The topological polar surface area (TPSA) is 38.8 Å². The van der Waals surface area contributed by atoms with Crippen molar-refractivity contribution in [1.82, 2.24) is 4.90 Å². The Labute approximate surface area is 78.7 Å². The molecule has 0 bridgehead atoms. The SMILES string of the molecule is CCCOOC(=O)N1CCCCC1. The smallest absolute Gasteiger partial charge is 0.306 e. The molecular formula is C9H17NO3. The van der Waals surface area contributed by atoms with Crippen LogP contribution < -0.4 is 0 Å². The number of carbonyl (C=O) groups is 1. The van der Waals surface area contributed by atoms with Crippen molar-refractivity contribution in [2.75, 3.05) is 19.7 Å². The fraction of sp³-hybridized carbons (Fsp3) is 0.889.